The van der Waals surface area contributed by atoms with Gasteiger partial charge in [-0.15, -0.1) is 0 Å². The fourth-order valence-electron chi connectivity index (χ4n) is 2.07. The van der Waals surface area contributed by atoms with Gasteiger partial charge in [0.2, 0.25) is 0 Å². The van der Waals surface area contributed by atoms with E-state index in [1.54, 1.807) is 0 Å². The van der Waals surface area contributed by atoms with Crippen LogP contribution in [-0.2, 0) is 4.79 Å². The zero-order valence-electron chi connectivity index (χ0n) is 9.68. The summed E-state index contributed by atoms with van der Waals surface area (Å²) in [6.45, 7) is 6.12. The Labute approximate surface area is 87.2 Å². The van der Waals surface area contributed by atoms with Crippen LogP contribution in [0.25, 0.3) is 0 Å². The standard InChI is InChI=1S/C12H23NO/c1-12(2,3)11(13)10(14)9-7-5-4-6-8-9/h9,11H,4-8,13H2,1-3H3. The van der Waals surface area contributed by atoms with Crippen molar-refractivity contribution in [2.45, 2.75) is 58.9 Å². The van der Waals surface area contributed by atoms with E-state index in [1.165, 1.54) is 19.3 Å². The minimum absolute atomic E-state index is 0.0888. The van der Waals surface area contributed by atoms with Crippen molar-refractivity contribution in [1.82, 2.24) is 0 Å². The van der Waals surface area contributed by atoms with Crippen molar-refractivity contribution in [3.63, 3.8) is 0 Å². The molecule has 1 saturated carbocycles. The van der Waals surface area contributed by atoms with Gasteiger partial charge < -0.3 is 5.73 Å². The number of carbonyl (C=O) groups is 1. The van der Waals surface area contributed by atoms with Gasteiger partial charge in [-0.05, 0) is 18.3 Å². The van der Waals surface area contributed by atoms with E-state index >= 15 is 0 Å². The summed E-state index contributed by atoms with van der Waals surface area (Å²) in [5.74, 6) is 0.537. The summed E-state index contributed by atoms with van der Waals surface area (Å²) in [5.41, 5.74) is 5.89. The van der Waals surface area contributed by atoms with Gasteiger partial charge in [0.05, 0.1) is 6.04 Å². The maximum absolute atomic E-state index is 12.0. The molecule has 1 unspecified atom stereocenters. The highest BCUT2D eigenvalue weighted by atomic mass is 16.1. The lowest BCUT2D eigenvalue weighted by atomic mass is 9.76. The molecule has 0 aromatic heterocycles. The van der Waals surface area contributed by atoms with E-state index in [1.807, 2.05) is 20.8 Å². The molecule has 0 aromatic rings. The Balaban J connectivity index is 2.55. The highest BCUT2D eigenvalue weighted by Gasteiger charge is 2.32. The van der Waals surface area contributed by atoms with Crippen LogP contribution >= 0.6 is 0 Å². The predicted octanol–water partition coefficient (Wildman–Crippen LogP) is 2.51. The monoisotopic (exact) mass is 197 g/mol. The van der Waals surface area contributed by atoms with Gasteiger partial charge in [0.1, 0.15) is 0 Å². The number of Topliss-reactive ketones (excluding diaryl/α,β-unsaturated/α-hetero) is 1. The summed E-state index contributed by atoms with van der Waals surface area (Å²) in [5, 5.41) is 0. The lowest BCUT2D eigenvalue weighted by Crippen LogP contribution is -2.45. The Kier molecular flexibility index (Phi) is 3.71. The Morgan fingerprint density at radius 1 is 1.21 bits per heavy atom. The number of carbonyl (C=O) groups excluding carboxylic acids is 1. The lowest BCUT2D eigenvalue weighted by molar-refractivity contribution is -0.127. The molecule has 82 valence electrons. The summed E-state index contributed by atoms with van der Waals surface area (Å²) in [4.78, 5) is 12.0. The molecular formula is C12H23NO. The Hall–Kier alpha value is -0.370. The molecule has 1 fully saturated rings. The molecule has 2 heteroatoms. The predicted molar refractivity (Wildman–Crippen MR) is 59.0 cm³/mol. The topological polar surface area (TPSA) is 43.1 Å². The first kappa shape index (κ1) is 11.7. The van der Waals surface area contributed by atoms with Gasteiger partial charge in [-0.25, -0.2) is 0 Å². The number of nitrogens with two attached hydrogens (primary N) is 1. The maximum atomic E-state index is 12.0. The van der Waals surface area contributed by atoms with E-state index in [-0.39, 0.29) is 23.2 Å². The first-order chi connectivity index (χ1) is 6.43. The summed E-state index contributed by atoms with van der Waals surface area (Å²) in [6, 6.07) is -0.286. The number of ketones is 1. The highest BCUT2D eigenvalue weighted by Crippen LogP contribution is 2.28. The van der Waals surface area contributed by atoms with Gasteiger partial charge in [-0.1, -0.05) is 40.0 Å². The van der Waals surface area contributed by atoms with E-state index in [9.17, 15) is 4.79 Å². The largest absolute Gasteiger partial charge is 0.321 e. The normalized spacial score (nSPS) is 22.0. The third-order valence-electron chi connectivity index (χ3n) is 3.25. The quantitative estimate of drug-likeness (QED) is 0.739. The smallest absolute Gasteiger partial charge is 0.153 e. The second-order valence-corrected chi connectivity index (χ2v) is 5.58. The van der Waals surface area contributed by atoms with Crippen molar-refractivity contribution in [2.24, 2.45) is 17.1 Å². The molecule has 0 radical (unpaired) electrons. The maximum Gasteiger partial charge on any atom is 0.153 e. The molecular weight excluding hydrogens is 174 g/mol. The minimum atomic E-state index is -0.286. The van der Waals surface area contributed by atoms with Gasteiger partial charge in [-0.2, -0.15) is 0 Å². The van der Waals surface area contributed by atoms with Gasteiger partial charge in [0.25, 0.3) is 0 Å². The van der Waals surface area contributed by atoms with E-state index in [2.05, 4.69) is 0 Å². The molecule has 0 saturated heterocycles. The Morgan fingerprint density at radius 3 is 2.14 bits per heavy atom. The molecule has 0 aromatic carbocycles. The molecule has 0 amide bonds. The van der Waals surface area contributed by atoms with Crippen LogP contribution in [0.1, 0.15) is 52.9 Å². The average molecular weight is 197 g/mol. The summed E-state index contributed by atoms with van der Waals surface area (Å²) in [6.07, 6.45) is 5.81. The van der Waals surface area contributed by atoms with Crippen molar-refractivity contribution >= 4 is 5.78 Å². The van der Waals surface area contributed by atoms with Crippen molar-refractivity contribution < 1.29 is 4.79 Å². The molecule has 0 heterocycles. The molecule has 1 atom stereocenters. The Bertz CT molecular complexity index is 199. The fraction of sp³-hybridized carbons (Fsp3) is 0.917. The number of hydrogen-bond acceptors (Lipinski definition) is 2. The van der Waals surface area contributed by atoms with Crippen LogP contribution in [0, 0.1) is 11.3 Å². The van der Waals surface area contributed by atoms with Gasteiger partial charge in [-0.3, -0.25) is 4.79 Å². The minimum Gasteiger partial charge on any atom is -0.321 e. The summed E-state index contributed by atoms with van der Waals surface area (Å²) < 4.78 is 0. The van der Waals surface area contributed by atoms with E-state index < -0.39 is 0 Å². The third kappa shape index (κ3) is 2.81. The molecule has 1 aliphatic rings. The van der Waals surface area contributed by atoms with Crippen LogP contribution < -0.4 is 5.73 Å². The molecule has 14 heavy (non-hydrogen) atoms. The fourth-order valence-corrected chi connectivity index (χ4v) is 2.07. The molecule has 0 bridgehead atoms. The van der Waals surface area contributed by atoms with Crippen molar-refractivity contribution in [3.05, 3.63) is 0 Å². The second-order valence-electron chi connectivity index (χ2n) is 5.58. The van der Waals surface area contributed by atoms with Crippen LogP contribution in [0.5, 0.6) is 0 Å². The van der Waals surface area contributed by atoms with Crippen molar-refractivity contribution in [2.75, 3.05) is 0 Å². The van der Waals surface area contributed by atoms with Crippen LogP contribution in [0.2, 0.25) is 0 Å². The molecule has 0 spiro atoms. The average Bonchev–Trinajstić information content (AvgIpc) is 2.15. The number of hydrogen-bond donors (Lipinski definition) is 1. The third-order valence-corrected chi connectivity index (χ3v) is 3.25. The molecule has 2 N–H and O–H groups in total. The van der Waals surface area contributed by atoms with Gasteiger partial charge >= 0.3 is 0 Å². The number of rotatable bonds is 2. The first-order valence-corrected chi connectivity index (χ1v) is 5.72. The van der Waals surface area contributed by atoms with E-state index in [0.29, 0.717) is 0 Å². The van der Waals surface area contributed by atoms with Crippen LogP contribution in [0.4, 0.5) is 0 Å². The second kappa shape index (κ2) is 4.43. The van der Waals surface area contributed by atoms with Crippen molar-refractivity contribution in [1.29, 1.82) is 0 Å². The zero-order valence-corrected chi connectivity index (χ0v) is 9.68. The van der Waals surface area contributed by atoms with E-state index in [4.69, 9.17) is 5.73 Å². The van der Waals surface area contributed by atoms with Crippen LogP contribution in [0.15, 0.2) is 0 Å². The van der Waals surface area contributed by atoms with Crippen molar-refractivity contribution in [3.8, 4) is 0 Å². The molecule has 1 rings (SSSR count). The first-order valence-electron chi connectivity index (χ1n) is 5.72. The van der Waals surface area contributed by atoms with E-state index in [0.717, 1.165) is 12.8 Å². The SMILES string of the molecule is CC(C)(C)C(N)C(=O)C1CCCCC1. The lowest BCUT2D eigenvalue weighted by Gasteiger charge is -2.30. The van der Waals surface area contributed by atoms with Gasteiger partial charge in [0.15, 0.2) is 5.78 Å². The van der Waals surface area contributed by atoms with Gasteiger partial charge in [0, 0.05) is 5.92 Å². The molecule has 0 aliphatic heterocycles. The summed E-state index contributed by atoms with van der Waals surface area (Å²) in [7, 11) is 0. The molecule has 2 nitrogen and oxygen atoms in total. The van der Waals surface area contributed by atoms with Crippen LogP contribution in [0.3, 0.4) is 0 Å². The summed E-state index contributed by atoms with van der Waals surface area (Å²) >= 11 is 0. The Morgan fingerprint density at radius 2 is 1.71 bits per heavy atom. The zero-order chi connectivity index (χ0) is 10.8. The molecule has 1 aliphatic carbocycles. The highest BCUT2D eigenvalue weighted by molar-refractivity contribution is 5.86. The van der Waals surface area contributed by atoms with Crippen LogP contribution in [-0.4, -0.2) is 11.8 Å².